The highest BCUT2D eigenvalue weighted by atomic mass is 16.1. The first kappa shape index (κ1) is 11.6. The number of carbonyl (C=O) groups is 1. The number of fused-ring (bicyclic) bond motifs is 1. The molecule has 17 heavy (non-hydrogen) atoms. The molecular formula is C15H25NO. The summed E-state index contributed by atoms with van der Waals surface area (Å²) in [5.41, 5.74) is 0.359. The fourth-order valence-electron chi connectivity index (χ4n) is 5.27. The van der Waals surface area contributed by atoms with Crippen molar-refractivity contribution in [3.8, 4) is 0 Å². The maximum Gasteiger partial charge on any atom is 0.207 e. The lowest BCUT2D eigenvalue weighted by Crippen LogP contribution is -2.56. The largest absolute Gasteiger partial charge is 0.353 e. The van der Waals surface area contributed by atoms with E-state index in [4.69, 9.17) is 0 Å². The molecule has 2 unspecified atom stereocenters. The number of carbonyl (C=O) groups excluding carboxylic acids is 1. The molecule has 0 heterocycles. The van der Waals surface area contributed by atoms with Gasteiger partial charge in [0, 0.05) is 5.54 Å². The molecular weight excluding hydrogens is 210 g/mol. The van der Waals surface area contributed by atoms with Gasteiger partial charge in [-0.05, 0) is 82.0 Å². The lowest BCUT2D eigenvalue weighted by atomic mass is 9.55. The van der Waals surface area contributed by atoms with Crippen LogP contribution in [0.5, 0.6) is 0 Å². The molecule has 4 bridgehead atoms. The fraction of sp³-hybridized carbons (Fsp3) is 0.933. The molecule has 4 aliphatic carbocycles. The van der Waals surface area contributed by atoms with Crippen molar-refractivity contribution in [2.24, 2.45) is 23.2 Å². The monoisotopic (exact) mass is 235 g/mol. The van der Waals surface area contributed by atoms with Gasteiger partial charge in [0.15, 0.2) is 0 Å². The number of rotatable bonds is 3. The van der Waals surface area contributed by atoms with E-state index in [1.807, 2.05) is 0 Å². The maximum absolute atomic E-state index is 10.9. The third-order valence-electron chi connectivity index (χ3n) is 6.14. The molecule has 2 nitrogen and oxygen atoms in total. The Labute approximate surface area is 105 Å². The fourth-order valence-corrected chi connectivity index (χ4v) is 5.27. The van der Waals surface area contributed by atoms with Crippen LogP contribution in [0.3, 0.4) is 0 Å². The van der Waals surface area contributed by atoms with Crippen molar-refractivity contribution >= 4 is 6.41 Å². The zero-order valence-electron chi connectivity index (χ0n) is 11.2. The van der Waals surface area contributed by atoms with Crippen LogP contribution in [0.25, 0.3) is 0 Å². The summed E-state index contributed by atoms with van der Waals surface area (Å²) in [6.07, 6.45) is 10.8. The molecule has 0 radical (unpaired) electrons. The Balaban J connectivity index is 1.93. The van der Waals surface area contributed by atoms with Gasteiger partial charge < -0.3 is 5.32 Å². The van der Waals surface area contributed by atoms with Crippen molar-refractivity contribution in [3.05, 3.63) is 0 Å². The van der Waals surface area contributed by atoms with E-state index in [2.05, 4.69) is 19.2 Å². The van der Waals surface area contributed by atoms with Gasteiger partial charge in [0.2, 0.25) is 6.41 Å². The number of nitrogens with one attached hydrogen (secondary N) is 1. The van der Waals surface area contributed by atoms with Gasteiger partial charge in [0.25, 0.3) is 0 Å². The van der Waals surface area contributed by atoms with E-state index in [1.165, 1.54) is 44.9 Å². The molecule has 4 aliphatic rings. The molecule has 4 fully saturated rings. The summed E-state index contributed by atoms with van der Waals surface area (Å²) in [6.45, 7) is 4.49. The van der Waals surface area contributed by atoms with Crippen LogP contribution in [0.4, 0.5) is 0 Å². The van der Waals surface area contributed by atoms with Gasteiger partial charge >= 0.3 is 0 Å². The van der Waals surface area contributed by atoms with Crippen LogP contribution in [0.2, 0.25) is 0 Å². The van der Waals surface area contributed by atoms with E-state index >= 15 is 0 Å². The summed E-state index contributed by atoms with van der Waals surface area (Å²) in [6, 6.07) is 0. The highest BCUT2D eigenvalue weighted by molar-refractivity contribution is 5.48. The lowest BCUT2D eigenvalue weighted by Gasteiger charge is -2.53. The molecule has 0 spiro atoms. The highest BCUT2D eigenvalue weighted by Crippen LogP contribution is 2.60. The molecule has 96 valence electrons. The Bertz CT molecular complexity index is 309. The number of hydrogen-bond acceptors (Lipinski definition) is 1. The summed E-state index contributed by atoms with van der Waals surface area (Å²) in [5.74, 6) is 2.89. The van der Waals surface area contributed by atoms with Crippen molar-refractivity contribution in [2.45, 2.75) is 64.3 Å². The van der Waals surface area contributed by atoms with Gasteiger partial charge in [-0.1, -0.05) is 0 Å². The second-order valence-electron chi connectivity index (χ2n) is 7.42. The van der Waals surface area contributed by atoms with Crippen molar-refractivity contribution in [1.29, 1.82) is 0 Å². The zero-order valence-corrected chi connectivity index (χ0v) is 11.2. The Morgan fingerprint density at radius 1 is 1.12 bits per heavy atom. The smallest absolute Gasteiger partial charge is 0.207 e. The van der Waals surface area contributed by atoms with E-state index in [-0.39, 0.29) is 5.54 Å². The van der Waals surface area contributed by atoms with Gasteiger partial charge in [-0.2, -0.15) is 0 Å². The topological polar surface area (TPSA) is 29.1 Å². The van der Waals surface area contributed by atoms with Crippen LogP contribution in [-0.2, 0) is 4.79 Å². The summed E-state index contributed by atoms with van der Waals surface area (Å²) < 4.78 is 0. The summed E-state index contributed by atoms with van der Waals surface area (Å²) in [4.78, 5) is 10.9. The lowest BCUT2D eigenvalue weighted by molar-refractivity contribution is -0.113. The zero-order chi connectivity index (χ0) is 12.1. The van der Waals surface area contributed by atoms with Crippen LogP contribution in [0, 0.1) is 23.2 Å². The third-order valence-corrected chi connectivity index (χ3v) is 6.14. The van der Waals surface area contributed by atoms with E-state index in [0.29, 0.717) is 5.41 Å². The van der Waals surface area contributed by atoms with Crippen LogP contribution in [0.15, 0.2) is 0 Å². The Kier molecular flexibility index (Phi) is 2.53. The van der Waals surface area contributed by atoms with E-state index in [9.17, 15) is 4.79 Å². The molecule has 0 aromatic rings. The van der Waals surface area contributed by atoms with Crippen LogP contribution in [0.1, 0.15) is 58.8 Å². The molecule has 0 aliphatic heterocycles. The van der Waals surface area contributed by atoms with Gasteiger partial charge in [-0.3, -0.25) is 4.79 Å². The number of hydrogen-bond donors (Lipinski definition) is 1. The molecule has 0 saturated heterocycles. The second kappa shape index (κ2) is 3.73. The van der Waals surface area contributed by atoms with Crippen molar-refractivity contribution in [1.82, 2.24) is 5.32 Å². The first-order chi connectivity index (χ1) is 8.05. The van der Waals surface area contributed by atoms with Gasteiger partial charge in [0.1, 0.15) is 0 Å². The normalized spacial score (nSPS) is 44.5. The molecule has 0 aromatic heterocycles. The van der Waals surface area contributed by atoms with Crippen LogP contribution >= 0.6 is 0 Å². The Morgan fingerprint density at radius 2 is 1.71 bits per heavy atom. The van der Waals surface area contributed by atoms with Crippen molar-refractivity contribution in [3.63, 3.8) is 0 Å². The molecule has 4 rings (SSSR count). The Hall–Kier alpha value is -0.530. The molecule has 4 saturated carbocycles. The van der Waals surface area contributed by atoms with E-state index < -0.39 is 0 Å². The van der Waals surface area contributed by atoms with E-state index in [0.717, 1.165) is 24.2 Å². The summed E-state index contributed by atoms with van der Waals surface area (Å²) >= 11 is 0. The van der Waals surface area contributed by atoms with Crippen molar-refractivity contribution < 1.29 is 4.79 Å². The standard InChI is InChI=1S/C15H25NO/c1-14(2,16-10-17)15-4-3-11-5-12(8-15)7-13(6-11)9-15/h10-13H,3-9H2,1-2H3,(H,16,17)/t11?,12-,13+,15?. The minimum Gasteiger partial charge on any atom is -0.353 e. The quantitative estimate of drug-likeness (QED) is 0.748. The average Bonchev–Trinajstić information content (AvgIpc) is 2.44. The maximum atomic E-state index is 10.9. The SMILES string of the molecule is CC(C)(NC=O)C12CCC3C[C@H](C[C@H](C3)C1)C2. The van der Waals surface area contributed by atoms with Gasteiger partial charge in [-0.15, -0.1) is 0 Å². The average molecular weight is 235 g/mol. The first-order valence-electron chi connectivity index (χ1n) is 7.26. The highest BCUT2D eigenvalue weighted by Gasteiger charge is 2.54. The van der Waals surface area contributed by atoms with Crippen LogP contribution < -0.4 is 5.32 Å². The van der Waals surface area contributed by atoms with Crippen molar-refractivity contribution in [2.75, 3.05) is 0 Å². The Morgan fingerprint density at radius 3 is 2.29 bits per heavy atom. The summed E-state index contributed by atoms with van der Waals surface area (Å²) in [5, 5.41) is 3.12. The van der Waals surface area contributed by atoms with Crippen LogP contribution in [-0.4, -0.2) is 11.9 Å². The van der Waals surface area contributed by atoms with Gasteiger partial charge in [-0.25, -0.2) is 0 Å². The summed E-state index contributed by atoms with van der Waals surface area (Å²) in [7, 11) is 0. The molecule has 2 heteroatoms. The third kappa shape index (κ3) is 1.71. The van der Waals surface area contributed by atoms with Gasteiger partial charge in [0.05, 0.1) is 0 Å². The minimum atomic E-state index is -0.0229. The predicted octanol–water partition coefficient (Wildman–Crippen LogP) is 3.12. The molecule has 4 atom stereocenters. The molecule has 1 amide bonds. The number of amides is 1. The molecule has 0 aromatic carbocycles. The molecule has 1 N–H and O–H groups in total. The minimum absolute atomic E-state index is 0.0229. The predicted molar refractivity (Wildman–Crippen MR) is 68.5 cm³/mol. The second-order valence-corrected chi connectivity index (χ2v) is 7.42. The van der Waals surface area contributed by atoms with E-state index in [1.54, 1.807) is 0 Å². The first-order valence-corrected chi connectivity index (χ1v) is 7.26.